The van der Waals surface area contributed by atoms with E-state index >= 15 is 0 Å². The second-order valence-electron chi connectivity index (χ2n) is 8.02. The molecule has 5 rings (SSSR count). The molecule has 1 heterocycles. The van der Waals surface area contributed by atoms with Crippen molar-refractivity contribution >= 4 is 34.7 Å². The molecule has 4 aromatic carbocycles. The minimum absolute atomic E-state index is 0.0285. The number of aromatic nitrogens is 1. The fourth-order valence-corrected chi connectivity index (χ4v) is 4.73. The summed E-state index contributed by atoms with van der Waals surface area (Å²) < 4.78 is 13.8. The maximum absolute atomic E-state index is 11.5. The summed E-state index contributed by atoms with van der Waals surface area (Å²) in [4.78, 5) is 18.7. The highest BCUT2D eigenvalue weighted by atomic mass is 31.2. The van der Waals surface area contributed by atoms with Crippen molar-refractivity contribution in [2.75, 3.05) is 0 Å². The summed E-state index contributed by atoms with van der Waals surface area (Å²) in [6, 6.07) is 27.8. The van der Waals surface area contributed by atoms with Gasteiger partial charge in [0.05, 0.1) is 16.3 Å². The van der Waals surface area contributed by atoms with Gasteiger partial charge in [0.2, 0.25) is 0 Å². The molecule has 154 valence electrons. The molecule has 2 N–H and O–H groups in total. The van der Waals surface area contributed by atoms with E-state index in [9.17, 15) is 14.4 Å². The summed E-state index contributed by atoms with van der Waals surface area (Å²) in [7, 11) is -4.25. The number of nitrogens with zero attached hydrogens (tertiary/aromatic N) is 1. The van der Waals surface area contributed by atoms with Gasteiger partial charge in [-0.05, 0) is 72.5 Å². The molecule has 0 fully saturated rings. The van der Waals surface area contributed by atoms with Crippen LogP contribution in [0, 0.1) is 13.8 Å². The fraction of sp³-hybridized carbons (Fsp3) is 0.0769. The first-order chi connectivity index (χ1) is 14.8. The molecule has 31 heavy (non-hydrogen) atoms. The van der Waals surface area contributed by atoms with Gasteiger partial charge in [0.15, 0.2) is 0 Å². The number of fused-ring (bicyclic) bond motifs is 3. The Balaban J connectivity index is 1.72. The van der Waals surface area contributed by atoms with E-state index in [1.165, 1.54) is 34.0 Å². The minimum atomic E-state index is -4.25. The van der Waals surface area contributed by atoms with Gasteiger partial charge in [-0.1, -0.05) is 48.5 Å². The molecule has 0 unspecified atom stereocenters. The van der Waals surface area contributed by atoms with Gasteiger partial charge in [-0.2, -0.15) is 0 Å². The normalized spacial score (nSPS) is 12.0. The maximum Gasteiger partial charge on any atom is 0.356 e. The average molecular weight is 427 g/mol. The van der Waals surface area contributed by atoms with Gasteiger partial charge in [-0.25, -0.2) is 0 Å². The van der Waals surface area contributed by atoms with Crippen LogP contribution in [0.3, 0.4) is 0 Å². The van der Waals surface area contributed by atoms with Crippen molar-refractivity contribution < 1.29 is 14.4 Å². The Morgan fingerprint density at radius 3 is 1.81 bits per heavy atom. The van der Waals surface area contributed by atoms with E-state index in [2.05, 4.69) is 66.9 Å². The van der Waals surface area contributed by atoms with Crippen molar-refractivity contribution in [3.05, 3.63) is 96.1 Å². The van der Waals surface area contributed by atoms with Crippen LogP contribution in [0.4, 0.5) is 0 Å². The van der Waals surface area contributed by atoms with Gasteiger partial charge in [-0.15, -0.1) is 0 Å². The van der Waals surface area contributed by atoms with Crippen LogP contribution in [0.1, 0.15) is 11.1 Å². The molecule has 0 radical (unpaired) electrons. The van der Waals surface area contributed by atoms with E-state index in [0.29, 0.717) is 0 Å². The molecule has 4 nitrogen and oxygen atoms in total. The average Bonchev–Trinajstić information content (AvgIpc) is 3.05. The Bertz CT molecular complexity index is 1430. The third kappa shape index (κ3) is 3.49. The molecule has 5 heteroatoms. The van der Waals surface area contributed by atoms with Crippen molar-refractivity contribution in [3.63, 3.8) is 0 Å². The van der Waals surface area contributed by atoms with Gasteiger partial charge in [0, 0.05) is 16.5 Å². The van der Waals surface area contributed by atoms with Gasteiger partial charge in [-0.3, -0.25) is 4.57 Å². The molecule has 0 spiro atoms. The Kier molecular flexibility index (Phi) is 4.60. The predicted octanol–water partition coefficient (Wildman–Crippen LogP) is 5.87. The minimum Gasteiger partial charge on any atom is -0.321 e. The quantitative estimate of drug-likeness (QED) is 0.354. The van der Waals surface area contributed by atoms with Crippen molar-refractivity contribution in [2.24, 2.45) is 0 Å². The maximum atomic E-state index is 11.5. The van der Waals surface area contributed by atoms with E-state index in [4.69, 9.17) is 0 Å². The second kappa shape index (κ2) is 7.21. The van der Waals surface area contributed by atoms with Crippen LogP contribution in [-0.4, -0.2) is 14.4 Å². The number of rotatable bonds is 3. The summed E-state index contributed by atoms with van der Waals surface area (Å²) in [5, 5.41) is 2.47. The molecule has 1 aromatic heterocycles. The second-order valence-corrected chi connectivity index (χ2v) is 9.62. The molecule has 0 saturated carbocycles. The largest absolute Gasteiger partial charge is 0.356 e. The van der Waals surface area contributed by atoms with E-state index in [-0.39, 0.29) is 5.30 Å². The van der Waals surface area contributed by atoms with Gasteiger partial charge in [0.1, 0.15) is 0 Å². The van der Waals surface area contributed by atoms with E-state index < -0.39 is 7.60 Å². The first kappa shape index (κ1) is 19.8. The lowest BCUT2D eigenvalue weighted by Crippen LogP contribution is -2.02. The highest BCUT2D eigenvalue weighted by molar-refractivity contribution is 7.60. The topological polar surface area (TPSA) is 62.5 Å². The van der Waals surface area contributed by atoms with Crippen LogP contribution in [0.5, 0.6) is 0 Å². The first-order valence-corrected chi connectivity index (χ1v) is 11.7. The molecule has 0 saturated heterocycles. The molecule has 5 aromatic rings. The van der Waals surface area contributed by atoms with Crippen molar-refractivity contribution in [2.45, 2.75) is 13.8 Å². The number of aryl methyl sites for hydroxylation is 2. The van der Waals surface area contributed by atoms with Crippen LogP contribution in [0.25, 0.3) is 38.6 Å². The van der Waals surface area contributed by atoms with Crippen LogP contribution < -0.4 is 5.30 Å². The monoisotopic (exact) mass is 427 g/mol. The summed E-state index contributed by atoms with van der Waals surface area (Å²) >= 11 is 0. The van der Waals surface area contributed by atoms with Crippen LogP contribution in [0.15, 0.2) is 84.9 Å². The predicted molar refractivity (Wildman–Crippen MR) is 127 cm³/mol. The van der Waals surface area contributed by atoms with Gasteiger partial charge >= 0.3 is 7.60 Å². The van der Waals surface area contributed by atoms with Crippen LogP contribution >= 0.6 is 7.60 Å². The Hall–Kier alpha value is -3.17. The lowest BCUT2D eigenvalue weighted by molar-refractivity contribution is 0.387. The zero-order valence-corrected chi connectivity index (χ0v) is 18.2. The number of benzene rings is 4. The summed E-state index contributed by atoms with van der Waals surface area (Å²) in [6.07, 6.45) is 0. The molecule has 0 atom stereocenters. The number of hydrogen-bond donors (Lipinski definition) is 2. The smallest absolute Gasteiger partial charge is 0.321 e. The Labute approximate surface area is 180 Å². The Morgan fingerprint density at radius 1 is 0.677 bits per heavy atom. The zero-order chi connectivity index (χ0) is 21.8. The third-order valence-corrected chi connectivity index (χ3v) is 6.69. The lowest BCUT2D eigenvalue weighted by atomic mass is 10.1. The van der Waals surface area contributed by atoms with Gasteiger partial charge < -0.3 is 14.4 Å². The molecular formula is C26H22NO3P. The molecular weight excluding hydrogens is 405 g/mol. The van der Waals surface area contributed by atoms with E-state index in [0.717, 1.165) is 27.8 Å². The van der Waals surface area contributed by atoms with E-state index in [1.54, 1.807) is 12.1 Å². The van der Waals surface area contributed by atoms with Crippen molar-refractivity contribution in [3.8, 4) is 16.8 Å². The summed E-state index contributed by atoms with van der Waals surface area (Å²) in [6.45, 7) is 4.21. The standard InChI is InChI=1S/C26H22NO3P/c1-17-6-12-23-24-13-7-18(2)15-26(24)27(25(23)14-17)21-5-3-4-20(16-21)19-8-10-22(11-9-19)31(28,29)30/h3-16H,1-2H3,(H2,28,29,30). The molecule has 0 aliphatic heterocycles. The van der Waals surface area contributed by atoms with Gasteiger partial charge in [0.25, 0.3) is 0 Å². The third-order valence-electron chi connectivity index (χ3n) is 5.72. The lowest BCUT2D eigenvalue weighted by Gasteiger charge is -2.11. The van der Waals surface area contributed by atoms with E-state index in [1.807, 2.05) is 12.1 Å². The SMILES string of the molecule is Cc1ccc2c3ccc(C)cc3n(-c3cccc(-c4ccc(P(=O)(O)O)cc4)c3)c2c1. The summed E-state index contributed by atoms with van der Waals surface area (Å²) in [5.74, 6) is 0. The highest BCUT2D eigenvalue weighted by Gasteiger charge is 2.17. The number of hydrogen-bond acceptors (Lipinski definition) is 1. The Morgan fingerprint density at radius 2 is 1.26 bits per heavy atom. The summed E-state index contributed by atoms with van der Waals surface area (Å²) in [5.41, 5.74) is 7.68. The molecule has 0 amide bonds. The van der Waals surface area contributed by atoms with Crippen molar-refractivity contribution in [1.82, 2.24) is 4.57 Å². The van der Waals surface area contributed by atoms with Crippen molar-refractivity contribution in [1.29, 1.82) is 0 Å². The molecule has 0 aliphatic carbocycles. The molecule has 0 bridgehead atoms. The fourth-order valence-electron chi connectivity index (χ4n) is 4.19. The first-order valence-electron chi connectivity index (χ1n) is 10.1. The zero-order valence-electron chi connectivity index (χ0n) is 17.3. The van der Waals surface area contributed by atoms with Crippen LogP contribution in [0.2, 0.25) is 0 Å². The van der Waals surface area contributed by atoms with Crippen LogP contribution in [-0.2, 0) is 4.57 Å². The molecule has 0 aliphatic rings. The highest BCUT2D eigenvalue weighted by Crippen LogP contribution is 2.36.